The third-order valence-corrected chi connectivity index (χ3v) is 14.4. The molecule has 2 aliphatic heterocycles. The summed E-state index contributed by atoms with van der Waals surface area (Å²) in [4.78, 5) is 2.61. The van der Waals surface area contributed by atoms with Crippen LogP contribution in [0.2, 0.25) is 0 Å². The van der Waals surface area contributed by atoms with Gasteiger partial charge in [-0.15, -0.1) is 0 Å². The van der Waals surface area contributed by atoms with Crippen molar-refractivity contribution in [1.29, 1.82) is 0 Å². The molecule has 0 N–H and O–H groups in total. The highest BCUT2D eigenvalue weighted by molar-refractivity contribution is 6.99. The third-order valence-electron chi connectivity index (χ3n) is 14.4. The van der Waals surface area contributed by atoms with Gasteiger partial charge in [-0.05, 0) is 117 Å². The molecule has 0 bridgehead atoms. The zero-order chi connectivity index (χ0) is 43.2. The Morgan fingerprint density at radius 1 is 0.397 bits per heavy atom. The molecule has 0 amide bonds. The van der Waals surface area contributed by atoms with Crippen molar-refractivity contribution in [2.75, 3.05) is 4.90 Å². The largest absolute Gasteiger partial charge is 0.311 e. The Labute approximate surface area is 371 Å². The lowest BCUT2D eigenvalue weighted by Crippen LogP contribution is -2.64. The molecule has 4 heterocycles. The zero-order valence-electron chi connectivity index (χ0n) is 37.6. The molecule has 12 rings (SSSR count). The van der Waals surface area contributed by atoms with E-state index >= 15 is 0 Å². The first kappa shape index (κ1) is 37.9. The van der Waals surface area contributed by atoms with Crippen LogP contribution >= 0.6 is 0 Å². The zero-order valence-corrected chi connectivity index (χ0v) is 37.6. The molecular weight excluding hydrogens is 761 g/mol. The highest BCUT2D eigenvalue weighted by Crippen LogP contribution is 2.48. The van der Waals surface area contributed by atoms with Crippen molar-refractivity contribution in [2.24, 2.45) is 0 Å². The van der Waals surface area contributed by atoms with Gasteiger partial charge in [0.05, 0.1) is 22.1 Å². The van der Waals surface area contributed by atoms with Crippen molar-refractivity contribution in [1.82, 2.24) is 9.13 Å². The predicted molar refractivity (Wildman–Crippen MR) is 270 cm³/mol. The van der Waals surface area contributed by atoms with E-state index in [0.717, 1.165) is 0 Å². The molecular formula is C59H52BN3. The van der Waals surface area contributed by atoms with E-state index in [-0.39, 0.29) is 23.0 Å². The van der Waals surface area contributed by atoms with Gasteiger partial charge in [-0.25, -0.2) is 0 Å². The number of nitrogens with zero attached hydrogens (tertiary/aromatic N) is 3. The summed E-state index contributed by atoms with van der Waals surface area (Å²) < 4.78 is 4.96. The first-order valence-corrected chi connectivity index (χ1v) is 22.6. The van der Waals surface area contributed by atoms with Crippen LogP contribution in [0.3, 0.4) is 0 Å². The molecule has 8 aromatic carbocycles. The second-order valence-corrected chi connectivity index (χ2v) is 20.7. The maximum absolute atomic E-state index is 2.61. The summed E-state index contributed by atoms with van der Waals surface area (Å²) in [6, 6.07) is 64.5. The molecule has 0 radical (unpaired) electrons. The van der Waals surface area contributed by atoms with E-state index in [0.29, 0.717) is 0 Å². The minimum absolute atomic E-state index is 0.00187. The highest BCUT2D eigenvalue weighted by Gasteiger charge is 2.47. The Morgan fingerprint density at radius 3 is 1.49 bits per heavy atom. The first-order valence-electron chi connectivity index (χ1n) is 22.6. The molecule has 3 nitrogen and oxygen atoms in total. The van der Waals surface area contributed by atoms with E-state index in [1.54, 1.807) is 0 Å². The number of benzene rings is 8. The summed E-state index contributed by atoms with van der Waals surface area (Å²) in [7, 11) is 0. The van der Waals surface area contributed by atoms with Crippen molar-refractivity contribution in [3.05, 3.63) is 192 Å². The molecule has 0 unspecified atom stereocenters. The van der Waals surface area contributed by atoms with Gasteiger partial charge in [0.15, 0.2) is 0 Å². The molecule has 0 spiro atoms. The Bertz CT molecular complexity index is 3480. The van der Waals surface area contributed by atoms with Crippen LogP contribution in [0.15, 0.2) is 170 Å². The summed E-state index contributed by atoms with van der Waals surface area (Å²) in [5, 5.41) is 5.10. The lowest BCUT2D eigenvalue weighted by atomic mass is 9.30. The molecule has 2 aromatic heterocycles. The molecule has 0 saturated carbocycles. The molecule has 0 saturated heterocycles. The number of aromatic nitrogens is 2. The summed E-state index contributed by atoms with van der Waals surface area (Å²) in [6.07, 6.45) is 0. The number of rotatable bonds is 3. The van der Waals surface area contributed by atoms with Gasteiger partial charge in [0.2, 0.25) is 6.71 Å². The third kappa shape index (κ3) is 5.46. The van der Waals surface area contributed by atoms with Crippen LogP contribution in [-0.4, -0.2) is 15.8 Å². The Balaban J connectivity index is 1.24. The second kappa shape index (κ2) is 13.1. The molecule has 4 heteroatoms. The van der Waals surface area contributed by atoms with Crippen LogP contribution < -0.4 is 21.3 Å². The fourth-order valence-electron chi connectivity index (χ4n) is 11.2. The molecule has 306 valence electrons. The molecule has 0 aliphatic carbocycles. The van der Waals surface area contributed by atoms with Crippen LogP contribution in [0.25, 0.3) is 55.0 Å². The van der Waals surface area contributed by atoms with Crippen molar-refractivity contribution in [3.8, 4) is 11.4 Å². The van der Waals surface area contributed by atoms with E-state index in [4.69, 9.17) is 0 Å². The van der Waals surface area contributed by atoms with E-state index in [1.165, 1.54) is 111 Å². The van der Waals surface area contributed by atoms with Gasteiger partial charge in [0.1, 0.15) is 0 Å². The molecule has 0 atom stereocenters. The standard InChI is InChI=1S/C59H52BN3/c1-57(2,3)37-27-29-41(30-28-37)63-54-34-45-43-24-16-18-26-51(43)62(40-21-13-10-14-22-40)53(45)36-49(54)60-48-33-44-42-23-15-17-25-50(42)61(39-19-11-9-12-20-39)52(44)35-46(48)59(7,8)47-31-38(58(4,5)6)32-55(63)56(47)60/h9-36H,1-8H3. The molecule has 10 aromatic rings. The highest BCUT2D eigenvalue weighted by atomic mass is 15.2. The predicted octanol–water partition coefficient (Wildman–Crippen LogP) is 13.4. The Morgan fingerprint density at radius 2 is 0.921 bits per heavy atom. The van der Waals surface area contributed by atoms with Gasteiger partial charge in [0, 0.05) is 55.4 Å². The monoisotopic (exact) mass is 813 g/mol. The van der Waals surface area contributed by atoms with E-state index < -0.39 is 0 Å². The topological polar surface area (TPSA) is 13.1 Å². The lowest BCUT2D eigenvalue weighted by molar-refractivity contribution is 0.583. The van der Waals surface area contributed by atoms with Gasteiger partial charge in [-0.1, -0.05) is 158 Å². The number of hydrogen-bond acceptors (Lipinski definition) is 1. The van der Waals surface area contributed by atoms with Gasteiger partial charge < -0.3 is 14.0 Å². The summed E-state index contributed by atoms with van der Waals surface area (Å²) in [5.74, 6) is 0. The van der Waals surface area contributed by atoms with Crippen LogP contribution in [-0.2, 0) is 16.2 Å². The lowest BCUT2D eigenvalue weighted by Gasteiger charge is -2.46. The maximum Gasteiger partial charge on any atom is 0.247 e. The molecule has 63 heavy (non-hydrogen) atoms. The summed E-state index contributed by atoms with van der Waals surface area (Å²) in [6.45, 7) is 19.0. The quantitative estimate of drug-likeness (QED) is 0.162. The second-order valence-electron chi connectivity index (χ2n) is 20.7. The number of para-hydroxylation sites is 4. The van der Waals surface area contributed by atoms with Crippen molar-refractivity contribution >= 4 is 83.8 Å². The molecule has 0 fully saturated rings. The van der Waals surface area contributed by atoms with Crippen LogP contribution in [0.5, 0.6) is 0 Å². The first-order chi connectivity index (χ1) is 30.3. The van der Waals surface area contributed by atoms with Crippen molar-refractivity contribution in [3.63, 3.8) is 0 Å². The van der Waals surface area contributed by atoms with Crippen molar-refractivity contribution in [2.45, 2.75) is 71.6 Å². The SMILES string of the molecule is CC(C)(C)c1ccc(N2c3cc4c5ccccc5n(-c5ccccc5)c4cc3B3c4cc5c6ccccc6n(-c6ccccc6)c5cc4C(C)(C)c4cc(C(C)(C)C)cc2c43)cc1. The van der Waals surface area contributed by atoms with E-state index in [1.807, 2.05) is 0 Å². The van der Waals surface area contributed by atoms with Gasteiger partial charge >= 0.3 is 0 Å². The van der Waals surface area contributed by atoms with Crippen LogP contribution in [0, 0.1) is 0 Å². The van der Waals surface area contributed by atoms with Gasteiger partial charge in [0.25, 0.3) is 0 Å². The Kier molecular flexibility index (Phi) is 7.91. The number of anilines is 3. The molecule has 2 aliphatic rings. The van der Waals surface area contributed by atoms with Gasteiger partial charge in [-0.3, -0.25) is 0 Å². The van der Waals surface area contributed by atoms with E-state index in [2.05, 4.69) is 239 Å². The number of fused-ring (bicyclic) bond motifs is 10. The minimum atomic E-state index is -0.300. The average Bonchev–Trinajstić information content (AvgIpc) is 3.78. The fraction of sp³-hybridized carbons (Fsp3) is 0.186. The van der Waals surface area contributed by atoms with Crippen LogP contribution in [0.4, 0.5) is 17.1 Å². The number of hydrogen-bond donors (Lipinski definition) is 0. The fourth-order valence-corrected chi connectivity index (χ4v) is 11.2. The minimum Gasteiger partial charge on any atom is -0.311 e. The smallest absolute Gasteiger partial charge is 0.247 e. The summed E-state index contributed by atoms with van der Waals surface area (Å²) in [5.41, 5.74) is 20.3. The maximum atomic E-state index is 2.61. The van der Waals surface area contributed by atoms with Crippen molar-refractivity contribution < 1.29 is 0 Å². The Hall–Kier alpha value is -6.78. The van der Waals surface area contributed by atoms with Crippen LogP contribution in [0.1, 0.15) is 77.6 Å². The van der Waals surface area contributed by atoms with Gasteiger partial charge in [-0.2, -0.15) is 0 Å². The average molecular weight is 814 g/mol. The van der Waals surface area contributed by atoms with E-state index in [9.17, 15) is 0 Å². The summed E-state index contributed by atoms with van der Waals surface area (Å²) >= 11 is 0. The normalized spacial score (nSPS) is 14.4.